The van der Waals surface area contributed by atoms with E-state index < -0.39 is 11.7 Å². The van der Waals surface area contributed by atoms with E-state index in [0.29, 0.717) is 21.3 Å². The van der Waals surface area contributed by atoms with Gasteiger partial charge in [0.05, 0.1) is 11.6 Å². The largest absolute Gasteiger partial charge is 0.457 e. The Kier molecular flexibility index (Phi) is 3.12. The van der Waals surface area contributed by atoms with Gasteiger partial charge < -0.3 is 8.83 Å². The minimum absolute atomic E-state index is 0.0935. The van der Waals surface area contributed by atoms with E-state index in [-0.39, 0.29) is 5.89 Å². The predicted molar refractivity (Wildman–Crippen MR) is 73.1 cm³/mol. The molecular formula is C14H7BrN2O3. The summed E-state index contributed by atoms with van der Waals surface area (Å²) >= 11 is 3.11. The highest BCUT2D eigenvalue weighted by Crippen LogP contribution is 2.25. The number of hydrogen-bond acceptors (Lipinski definition) is 5. The Hall–Kier alpha value is -2.39. The maximum atomic E-state index is 12.3. The van der Waals surface area contributed by atoms with Gasteiger partial charge in [0.1, 0.15) is 11.8 Å². The molecule has 0 aliphatic rings. The average molecular weight is 331 g/mol. The number of hydrogen-bond donors (Lipinski definition) is 0. The molecule has 0 amide bonds. The first-order valence-electron chi connectivity index (χ1n) is 5.72. The minimum Gasteiger partial charge on any atom is -0.457 e. The number of halogens is 1. The lowest BCUT2D eigenvalue weighted by molar-refractivity contribution is 0.0969. The van der Waals surface area contributed by atoms with Crippen LogP contribution in [0.2, 0.25) is 0 Å². The fourth-order valence-corrected chi connectivity index (χ4v) is 2.19. The number of Topliss-reactive ketones (excluding diaryl/α,β-unsaturated/α-hetero) is 1. The third kappa shape index (κ3) is 2.12. The fourth-order valence-electron chi connectivity index (χ4n) is 1.85. The fraction of sp³-hybridized carbons (Fsp3) is 0.0714. The average Bonchev–Trinajstić information content (AvgIpc) is 3.05. The maximum absolute atomic E-state index is 12.3. The highest BCUT2D eigenvalue weighted by molar-refractivity contribution is 9.10. The predicted octanol–water partition coefficient (Wildman–Crippen LogP) is 3.67. The van der Waals surface area contributed by atoms with E-state index in [2.05, 4.69) is 20.9 Å². The Morgan fingerprint density at radius 2 is 2.20 bits per heavy atom. The molecule has 1 atom stereocenters. The zero-order valence-corrected chi connectivity index (χ0v) is 11.6. The summed E-state index contributed by atoms with van der Waals surface area (Å²) in [7, 11) is 0. The van der Waals surface area contributed by atoms with Crippen molar-refractivity contribution in [2.24, 2.45) is 0 Å². The van der Waals surface area contributed by atoms with E-state index in [9.17, 15) is 10.1 Å². The van der Waals surface area contributed by atoms with Crippen LogP contribution >= 0.6 is 15.9 Å². The summed E-state index contributed by atoms with van der Waals surface area (Å²) in [4.78, 5) is 16.4. The van der Waals surface area contributed by atoms with Crippen LogP contribution in [0.3, 0.4) is 0 Å². The number of benzene rings is 1. The first-order valence-corrected chi connectivity index (χ1v) is 6.51. The molecule has 0 saturated carbocycles. The van der Waals surface area contributed by atoms with E-state index in [1.165, 1.54) is 12.3 Å². The number of carbonyl (C=O) groups is 1. The lowest BCUT2D eigenvalue weighted by Crippen LogP contribution is -2.10. The summed E-state index contributed by atoms with van der Waals surface area (Å²) in [6, 6.07) is 10.5. The van der Waals surface area contributed by atoms with Gasteiger partial charge in [0.25, 0.3) is 0 Å². The molecule has 1 aromatic carbocycles. The first kappa shape index (κ1) is 12.6. The van der Waals surface area contributed by atoms with E-state index in [1.807, 2.05) is 12.1 Å². The Morgan fingerprint density at radius 1 is 1.40 bits per heavy atom. The number of carbonyl (C=O) groups excluding carboxylic acids is 1. The number of nitrogens with zero attached hydrogens (tertiary/aromatic N) is 2. The van der Waals surface area contributed by atoms with Crippen molar-refractivity contribution in [3.63, 3.8) is 0 Å². The Labute approximate surface area is 121 Å². The number of aromatic nitrogens is 1. The third-order valence-corrected chi connectivity index (χ3v) is 3.22. The van der Waals surface area contributed by atoms with Crippen molar-refractivity contribution in [3.05, 3.63) is 52.7 Å². The second-order valence-electron chi connectivity index (χ2n) is 4.09. The lowest BCUT2D eigenvalue weighted by atomic mass is 10.0. The van der Waals surface area contributed by atoms with E-state index in [1.54, 1.807) is 18.2 Å². The Balaban J connectivity index is 2.01. The second-order valence-corrected chi connectivity index (χ2v) is 4.87. The van der Waals surface area contributed by atoms with Crippen LogP contribution in [0, 0.1) is 11.3 Å². The first-order chi connectivity index (χ1) is 9.69. The van der Waals surface area contributed by atoms with Crippen LogP contribution in [0.5, 0.6) is 0 Å². The van der Waals surface area contributed by atoms with Crippen LogP contribution in [0.25, 0.3) is 11.1 Å². The van der Waals surface area contributed by atoms with Gasteiger partial charge in [-0.15, -0.1) is 0 Å². The Bertz CT molecular complexity index is 795. The molecule has 3 rings (SSSR count). The normalized spacial score (nSPS) is 12.2. The number of nitriles is 1. The molecule has 2 aromatic heterocycles. The van der Waals surface area contributed by atoms with Gasteiger partial charge in [-0.25, -0.2) is 4.98 Å². The molecule has 0 aliphatic carbocycles. The molecule has 6 heteroatoms. The van der Waals surface area contributed by atoms with Crippen LogP contribution in [0.4, 0.5) is 0 Å². The van der Waals surface area contributed by atoms with Gasteiger partial charge >= 0.3 is 0 Å². The molecule has 0 bridgehead atoms. The zero-order chi connectivity index (χ0) is 14.1. The number of rotatable bonds is 3. The third-order valence-electron chi connectivity index (χ3n) is 2.80. The summed E-state index contributed by atoms with van der Waals surface area (Å²) in [5.74, 6) is -1.41. The molecule has 98 valence electrons. The number of oxazole rings is 1. The lowest BCUT2D eigenvalue weighted by Gasteiger charge is -2.00. The number of para-hydroxylation sites is 2. The summed E-state index contributed by atoms with van der Waals surface area (Å²) in [6.07, 6.45) is 1.29. The van der Waals surface area contributed by atoms with Crippen LogP contribution in [0.15, 0.2) is 50.1 Å². The zero-order valence-electron chi connectivity index (χ0n) is 10.0. The molecule has 0 saturated heterocycles. The van der Waals surface area contributed by atoms with Gasteiger partial charge in [0.2, 0.25) is 5.89 Å². The number of ketones is 1. The monoisotopic (exact) mass is 330 g/mol. The van der Waals surface area contributed by atoms with Crippen LogP contribution in [0.1, 0.15) is 22.2 Å². The molecule has 3 aromatic rings. The van der Waals surface area contributed by atoms with Crippen LogP contribution in [-0.2, 0) is 0 Å². The van der Waals surface area contributed by atoms with Crippen LogP contribution < -0.4 is 0 Å². The summed E-state index contributed by atoms with van der Waals surface area (Å²) < 4.78 is 10.9. The van der Waals surface area contributed by atoms with Gasteiger partial charge in [-0.2, -0.15) is 5.26 Å². The van der Waals surface area contributed by atoms with E-state index in [4.69, 9.17) is 8.83 Å². The molecule has 2 heterocycles. The molecule has 0 spiro atoms. The van der Waals surface area contributed by atoms with Crippen molar-refractivity contribution in [2.45, 2.75) is 5.92 Å². The molecular weight excluding hydrogens is 324 g/mol. The smallest absolute Gasteiger partial charge is 0.220 e. The topological polar surface area (TPSA) is 80.0 Å². The molecule has 0 fully saturated rings. The van der Waals surface area contributed by atoms with Crippen molar-refractivity contribution >= 4 is 32.8 Å². The van der Waals surface area contributed by atoms with Gasteiger partial charge in [0.15, 0.2) is 22.0 Å². The number of furan rings is 1. The van der Waals surface area contributed by atoms with Crippen molar-refractivity contribution in [1.82, 2.24) is 4.98 Å². The van der Waals surface area contributed by atoms with Gasteiger partial charge in [-0.3, -0.25) is 4.79 Å². The highest BCUT2D eigenvalue weighted by atomic mass is 79.9. The minimum atomic E-state index is -1.09. The van der Waals surface area contributed by atoms with E-state index >= 15 is 0 Å². The molecule has 0 aliphatic heterocycles. The standard InChI is InChI=1S/C14H7BrN2O3/c15-12-5-8(7-19-12)13(18)9(6-16)14-17-10-3-1-2-4-11(10)20-14/h1-5,7,9H. The molecule has 0 radical (unpaired) electrons. The second kappa shape index (κ2) is 4.94. The van der Waals surface area contributed by atoms with Crippen molar-refractivity contribution in [1.29, 1.82) is 5.26 Å². The molecule has 20 heavy (non-hydrogen) atoms. The SMILES string of the molecule is N#CC(C(=O)c1coc(Br)c1)c1nc2ccccc2o1. The summed E-state index contributed by atoms with van der Waals surface area (Å²) in [5.41, 5.74) is 1.46. The summed E-state index contributed by atoms with van der Waals surface area (Å²) in [5, 5.41) is 9.23. The van der Waals surface area contributed by atoms with E-state index in [0.717, 1.165) is 0 Å². The van der Waals surface area contributed by atoms with Gasteiger partial charge in [-0.05, 0) is 28.1 Å². The van der Waals surface area contributed by atoms with Crippen LogP contribution in [-0.4, -0.2) is 10.8 Å². The number of fused-ring (bicyclic) bond motifs is 1. The van der Waals surface area contributed by atoms with Crippen molar-refractivity contribution < 1.29 is 13.6 Å². The quantitative estimate of drug-likeness (QED) is 0.684. The summed E-state index contributed by atoms with van der Waals surface area (Å²) in [6.45, 7) is 0. The molecule has 5 nitrogen and oxygen atoms in total. The van der Waals surface area contributed by atoms with Crippen molar-refractivity contribution in [2.75, 3.05) is 0 Å². The molecule has 1 unspecified atom stereocenters. The molecule has 0 N–H and O–H groups in total. The van der Waals surface area contributed by atoms with Crippen molar-refractivity contribution in [3.8, 4) is 6.07 Å². The maximum Gasteiger partial charge on any atom is 0.220 e. The highest BCUT2D eigenvalue weighted by Gasteiger charge is 2.28. The van der Waals surface area contributed by atoms with Gasteiger partial charge in [-0.1, -0.05) is 12.1 Å². The van der Waals surface area contributed by atoms with Gasteiger partial charge in [0, 0.05) is 6.07 Å². The Morgan fingerprint density at radius 3 is 2.85 bits per heavy atom.